The van der Waals surface area contributed by atoms with E-state index in [2.05, 4.69) is 14.8 Å². The summed E-state index contributed by atoms with van der Waals surface area (Å²) in [6.07, 6.45) is 5.30. The number of nitrogens with zero attached hydrogens (tertiary/aromatic N) is 3. The Kier molecular flexibility index (Phi) is 3.03. The van der Waals surface area contributed by atoms with Crippen LogP contribution in [-0.4, -0.2) is 47.2 Å². The van der Waals surface area contributed by atoms with E-state index in [4.69, 9.17) is 9.52 Å². The second-order valence-electron chi connectivity index (χ2n) is 4.91. The Morgan fingerprint density at radius 2 is 2.24 bits per heavy atom. The molecule has 2 fully saturated rings. The van der Waals surface area contributed by atoms with E-state index >= 15 is 0 Å². The number of aliphatic hydroxyl groups excluding tert-OH is 1. The van der Waals surface area contributed by atoms with E-state index < -0.39 is 0 Å². The lowest BCUT2D eigenvalue weighted by molar-refractivity contribution is 0.272. The zero-order chi connectivity index (χ0) is 11.7. The molecule has 2 saturated heterocycles. The van der Waals surface area contributed by atoms with Crippen molar-refractivity contribution in [1.29, 1.82) is 0 Å². The van der Waals surface area contributed by atoms with E-state index in [0.717, 1.165) is 19.5 Å². The summed E-state index contributed by atoms with van der Waals surface area (Å²) in [5.74, 6) is 0. The van der Waals surface area contributed by atoms with Gasteiger partial charge in [-0.3, -0.25) is 4.90 Å². The van der Waals surface area contributed by atoms with Gasteiger partial charge in [-0.2, -0.15) is 4.98 Å². The van der Waals surface area contributed by atoms with E-state index in [1.807, 2.05) is 0 Å². The van der Waals surface area contributed by atoms with Gasteiger partial charge in [0.15, 0.2) is 0 Å². The molecule has 0 saturated carbocycles. The second kappa shape index (κ2) is 4.66. The SMILES string of the molecule is OCc1coc(N2CCCN3CCCC3C2)n1. The first-order valence-corrected chi connectivity index (χ1v) is 6.41. The number of aromatic nitrogens is 1. The summed E-state index contributed by atoms with van der Waals surface area (Å²) < 4.78 is 5.44. The van der Waals surface area contributed by atoms with E-state index in [1.165, 1.54) is 25.9 Å². The quantitative estimate of drug-likeness (QED) is 0.826. The first-order valence-electron chi connectivity index (χ1n) is 6.41. The van der Waals surface area contributed by atoms with Crippen LogP contribution in [0, 0.1) is 0 Å². The smallest absolute Gasteiger partial charge is 0.297 e. The number of fused-ring (bicyclic) bond motifs is 1. The lowest BCUT2D eigenvalue weighted by Crippen LogP contribution is -2.36. The van der Waals surface area contributed by atoms with Crippen LogP contribution in [0.2, 0.25) is 0 Å². The summed E-state index contributed by atoms with van der Waals surface area (Å²) in [7, 11) is 0. The Morgan fingerprint density at radius 3 is 3.06 bits per heavy atom. The summed E-state index contributed by atoms with van der Waals surface area (Å²) in [5.41, 5.74) is 0.618. The maximum absolute atomic E-state index is 9.01. The van der Waals surface area contributed by atoms with Crippen LogP contribution in [0.5, 0.6) is 0 Å². The molecule has 17 heavy (non-hydrogen) atoms. The molecule has 94 valence electrons. The molecule has 0 aliphatic carbocycles. The summed E-state index contributed by atoms with van der Waals surface area (Å²) in [4.78, 5) is 9.10. The van der Waals surface area contributed by atoms with Crippen LogP contribution >= 0.6 is 0 Å². The second-order valence-corrected chi connectivity index (χ2v) is 4.91. The van der Waals surface area contributed by atoms with Gasteiger partial charge in [0.05, 0.1) is 6.61 Å². The Bertz CT molecular complexity index is 380. The van der Waals surface area contributed by atoms with Crippen LogP contribution in [-0.2, 0) is 6.61 Å². The molecule has 1 aromatic heterocycles. The van der Waals surface area contributed by atoms with Gasteiger partial charge in [0.2, 0.25) is 0 Å². The van der Waals surface area contributed by atoms with Crippen molar-refractivity contribution in [2.45, 2.75) is 31.9 Å². The zero-order valence-electron chi connectivity index (χ0n) is 10.0. The molecular weight excluding hydrogens is 218 g/mol. The van der Waals surface area contributed by atoms with Gasteiger partial charge in [-0.15, -0.1) is 0 Å². The minimum absolute atomic E-state index is 0.0487. The predicted octanol–water partition coefficient (Wildman–Crippen LogP) is 0.841. The highest BCUT2D eigenvalue weighted by atomic mass is 16.4. The van der Waals surface area contributed by atoms with Crippen molar-refractivity contribution < 1.29 is 9.52 Å². The Balaban J connectivity index is 1.74. The first kappa shape index (κ1) is 11.0. The molecule has 0 bridgehead atoms. The van der Waals surface area contributed by atoms with Gasteiger partial charge in [-0.1, -0.05) is 0 Å². The van der Waals surface area contributed by atoms with Gasteiger partial charge in [0.25, 0.3) is 6.01 Å². The fraction of sp³-hybridized carbons (Fsp3) is 0.750. The van der Waals surface area contributed by atoms with Crippen LogP contribution in [0.3, 0.4) is 0 Å². The minimum Gasteiger partial charge on any atom is -0.432 e. The van der Waals surface area contributed by atoms with Crippen LogP contribution in [0.15, 0.2) is 10.7 Å². The summed E-state index contributed by atoms with van der Waals surface area (Å²) in [5, 5.41) is 9.01. The van der Waals surface area contributed by atoms with Gasteiger partial charge in [-0.05, 0) is 25.8 Å². The number of oxazole rings is 1. The monoisotopic (exact) mass is 237 g/mol. The van der Waals surface area contributed by atoms with Gasteiger partial charge >= 0.3 is 0 Å². The molecule has 1 atom stereocenters. The lowest BCUT2D eigenvalue weighted by atomic mass is 10.2. The van der Waals surface area contributed by atoms with Crippen molar-refractivity contribution in [3.8, 4) is 0 Å². The van der Waals surface area contributed by atoms with Crippen LogP contribution < -0.4 is 4.90 Å². The van der Waals surface area contributed by atoms with Gasteiger partial charge in [0, 0.05) is 25.7 Å². The average molecular weight is 237 g/mol. The number of anilines is 1. The topological polar surface area (TPSA) is 52.7 Å². The van der Waals surface area contributed by atoms with Crippen LogP contribution in [0.1, 0.15) is 25.0 Å². The summed E-state index contributed by atoms with van der Waals surface area (Å²) in [6, 6.07) is 1.32. The Labute approximate surface area is 101 Å². The molecule has 0 aromatic carbocycles. The summed E-state index contributed by atoms with van der Waals surface area (Å²) >= 11 is 0. The maximum atomic E-state index is 9.01. The molecule has 5 heteroatoms. The van der Waals surface area contributed by atoms with E-state index in [9.17, 15) is 0 Å². The highest BCUT2D eigenvalue weighted by molar-refractivity contribution is 5.28. The Hall–Kier alpha value is -1.07. The standard InChI is InChI=1S/C12H19N3O2/c16-8-10-9-17-12(13-10)15-6-2-5-14-4-1-3-11(14)7-15/h9,11,16H,1-8H2. The van der Waals surface area contributed by atoms with Crippen LogP contribution in [0.25, 0.3) is 0 Å². The van der Waals surface area contributed by atoms with E-state index in [-0.39, 0.29) is 6.61 Å². The molecule has 0 spiro atoms. The number of hydrogen-bond acceptors (Lipinski definition) is 5. The zero-order valence-corrected chi connectivity index (χ0v) is 10.0. The maximum Gasteiger partial charge on any atom is 0.297 e. The number of hydrogen-bond donors (Lipinski definition) is 1. The highest BCUT2D eigenvalue weighted by Gasteiger charge is 2.30. The molecule has 0 radical (unpaired) electrons. The third kappa shape index (κ3) is 2.17. The lowest BCUT2D eigenvalue weighted by Gasteiger charge is -2.24. The van der Waals surface area contributed by atoms with Crippen molar-refractivity contribution in [2.24, 2.45) is 0 Å². The molecule has 1 aromatic rings. The molecule has 2 aliphatic heterocycles. The number of rotatable bonds is 2. The highest BCUT2D eigenvalue weighted by Crippen LogP contribution is 2.24. The largest absolute Gasteiger partial charge is 0.432 e. The van der Waals surface area contributed by atoms with Gasteiger partial charge < -0.3 is 14.4 Å². The predicted molar refractivity (Wildman–Crippen MR) is 63.9 cm³/mol. The fourth-order valence-electron chi connectivity index (χ4n) is 2.89. The molecule has 1 unspecified atom stereocenters. The molecule has 5 nitrogen and oxygen atoms in total. The van der Waals surface area contributed by atoms with Crippen LogP contribution in [0.4, 0.5) is 6.01 Å². The van der Waals surface area contributed by atoms with Crippen molar-refractivity contribution >= 4 is 6.01 Å². The molecule has 1 N–H and O–H groups in total. The third-order valence-corrected chi connectivity index (χ3v) is 3.78. The Morgan fingerprint density at radius 1 is 1.35 bits per heavy atom. The fourth-order valence-corrected chi connectivity index (χ4v) is 2.89. The molecule has 3 rings (SSSR count). The van der Waals surface area contributed by atoms with Gasteiger partial charge in [-0.25, -0.2) is 0 Å². The average Bonchev–Trinajstić information content (AvgIpc) is 2.94. The minimum atomic E-state index is -0.0487. The van der Waals surface area contributed by atoms with E-state index in [0.29, 0.717) is 17.8 Å². The van der Waals surface area contributed by atoms with Crippen molar-refractivity contribution in [3.05, 3.63) is 12.0 Å². The summed E-state index contributed by atoms with van der Waals surface area (Å²) in [6.45, 7) is 4.39. The van der Waals surface area contributed by atoms with Crippen molar-refractivity contribution in [1.82, 2.24) is 9.88 Å². The van der Waals surface area contributed by atoms with Crippen molar-refractivity contribution in [2.75, 3.05) is 31.1 Å². The molecule has 3 heterocycles. The van der Waals surface area contributed by atoms with Gasteiger partial charge in [0.1, 0.15) is 12.0 Å². The van der Waals surface area contributed by atoms with Crippen molar-refractivity contribution in [3.63, 3.8) is 0 Å². The van der Waals surface area contributed by atoms with E-state index in [1.54, 1.807) is 6.26 Å². The molecular formula is C12H19N3O2. The number of aliphatic hydroxyl groups is 1. The normalized spacial score (nSPS) is 25.9. The molecule has 0 amide bonds. The first-order chi connectivity index (χ1) is 8.36. The third-order valence-electron chi connectivity index (χ3n) is 3.78. The molecule has 2 aliphatic rings.